The lowest BCUT2D eigenvalue weighted by Gasteiger charge is -2.28. The minimum atomic E-state index is -0.154. The van der Waals surface area contributed by atoms with E-state index < -0.39 is 0 Å². The van der Waals surface area contributed by atoms with Gasteiger partial charge in [-0.2, -0.15) is 11.8 Å². The average Bonchev–Trinajstić information content (AvgIpc) is 2.57. The molecule has 0 saturated carbocycles. The van der Waals surface area contributed by atoms with E-state index >= 15 is 0 Å². The van der Waals surface area contributed by atoms with Crippen LogP contribution in [0.2, 0.25) is 0 Å². The van der Waals surface area contributed by atoms with Crippen molar-refractivity contribution in [1.29, 1.82) is 0 Å². The summed E-state index contributed by atoms with van der Waals surface area (Å²) in [5, 5.41) is 6.38. The van der Waals surface area contributed by atoms with Gasteiger partial charge in [-0.25, -0.2) is 4.39 Å². The van der Waals surface area contributed by atoms with Crippen molar-refractivity contribution in [2.24, 2.45) is 11.8 Å². The van der Waals surface area contributed by atoms with E-state index in [4.69, 9.17) is 0 Å². The molecule has 0 aliphatic carbocycles. The van der Waals surface area contributed by atoms with Crippen LogP contribution in [0.15, 0.2) is 24.3 Å². The molecule has 3 nitrogen and oxygen atoms in total. The summed E-state index contributed by atoms with van der Waals surface area (Å²) in [7, 11) is 0. The van der Waals surface area contributed by atoms with E-state index in [0.29, 0.717) is 30.6 Å². The van der Waals surface area contributed by atoms with Crippen molar-refractivity contribution < 1.29 is 9.18 Å². The normalized spacial score (nSPS) is 18.5. The second-order valence-corrected chi connectivity index (χ2v) is 7.39. The molecule has 1 aromatic rings. The van der Waals surface area contributed by atoms with Crippen LogP contribution < -0.4 is 10.6 Å². The molecule has 2 atom stereocenters. The molecule has 2 rings (SSSR count). The SMILES string of the molecule is CC(CC(=O)NCCSCc1ccccc1F)C1CCCNC1.Cl. The third-order valence-electron chi connectivity index (χ3n) is 4.43. The summed E-state index contributed by atoms with van der Waals surface area (Å²) in [6.45, 7) is 4.96. The van der Waals surface area contributed by atoms with Crippen molar-refractivity contribution in [3.05, 3.63) is 35.6 Å². The molecule has 1 aromatic carbocycles. The Morgan fingerprint density at radius 3 is 2.96 bits per heavy atom. The number of piperidine rings is 1. The highest BCUT2D eigenvalue weighted by Gasteiger charge is 2.21. The van der Waals surface area contributed by atoms with Gasteiger partial charge >= 0.3 is 0 Å². The Kier molecular flexibility index (Phi) is 10.4. The molecular weight excluding hydrogens is 347 g/mol. The van der Waals surface area contributed by atoms with Gasteiger partial charge in [0, 0.05) is 24.5 Å². The van der Waals surface area contributed by atoms with Gasteiger partial charge in [0.25, 0.3) is 0 Å². The molecule has 1 amide bonds. The number of rotatable bonds is 8. The molecule has 1 aliphatic rings. The van der Waals surface area contributed by atoms with E-state index in [0.717, 1.165) is 24.4 Å². The zero-order valence-electron chi connectivity index (χ0n) is 14.2. The molecule has 1 fully saturated rings. The van der Waals surface area contributed by atoms with Crippen LogP contribution in [-0.4, -0.2) is 31.3 Å². The van der Waals surface area contributed by atoms with Crippen LogP contribution in [0.1, 0.15) is 31.7 Å². The number of amides is 1. The first kappa shape index (κ1) is 21.3. The molecule has 2 unspecified atom stereocenters. The number of hydrogen-bond donors (Lipinski definition) is 2. The molecule has 136 valence electrons. The molecule has 24 heavy (non-hydrogen) atoms. The Balaban J connectivity index is 0.00000288. The van der Waals surface area contributed by atoms with Crippen LogP contribution in [0, 0.1) is 17.7 Å². The van der Waals surface area contributed by atoms with Crippen molar-refractivity contribution in [1.82, 2.24) is 10.6 Å². The highest BCUT2D eigenvalue weighted by atomic mass is 35.5. The van der Waals surface area contributed by atoms with Gasteiger partial charge in [0.2, 0.25) is 5.91 Å². The highest BCUT2D eigenvalue weighted by Crippen LogP contribution is 2.22. The number of thioether (sulfide) groups is 1. The zero-order valence-corrected chi connectivity index (χ0v) is 15.9. The van der Waals surface area contributed by atoms with E-state index in [1.807, 2.05) is 6.07 Å². The van der Waals surface area contributed by atoms with Crippen LogP contribution in [0.4, 0.5) is 4.39 Å². The maximum absolute atomic E-state index is 13.5. The molecule has 1 heterocycles. The number of benzene rings is 1. The topological polar surface area (TPSA) is 41.1 Å². The second-order valence-electron chi connectivity index (χ2n) is 6.28. The van der Waals surface area contributed by atoms with Crippen molar-refractivity contribution in [3.63, 3.8) is 0 Å². The third-order valence-corrected chi connectivity index (χ3v) is 5.44. The quantitative estimate of drug-likeness (QED) is 0.683. The summed E-state index contributed by atoms with van der Waals surface area (Å²) in [6, 6.07) is 6.84. The Bertz CT molecular complexity index is 498. The van der Waals surface area contributed by atoms with Crippen LogP contribution in [0.25, 0.3) is 0 Å². The first-order valence-electron chi connectivity index (χ1n) is 8.45. The number of hydrogen-bond acceptors (Lipinski definition) is 3. The third kappa shape index (κ3) is 7.41. The van der Waals surface area contributed by atoms with Gasteiger partial charge in [-0.1, -0.05) is 25.1 Å². The van der Waals surface area contributed by atoms with Crippen LogP contribution >= 0.6 is 24.2 Å². The molecular formula is C18H28ClFN2OS. The first-order chi connectivity index (χ1) is 11.2. The van der Waals surface area contributed by atoms with Crippen molar-refractivity contribution in [3.8, 4) is 0 Å². The molecule has 2 N–H and O–H groups in total. The summed E-state index contributed by atoms with van der Waals surface area (Å²) >= 11 is 1.64. The largest absolute Gasteiger partial charge is 0.355 e. The minimum absolute atomic E-state index is 0. The summed E-state index contributed by atoms with van der Waals surface area (Å²) in [5.41, 5.74) is 0.724. The predicted octanol–water partition coefficient (Wildman–Crippen LogP) is 3.62. The van der Waals surface area contributed by atoms with Crippen molar-refractivity contribution in [2.45, 2.75) is 31.9 Å². The maximum Gasteiger partial charge on any atom is 0.220 e. The van der Waals surface area contributed by atoms with Gasteiger partial charge in [0.05, 0.1) is 0 Å². The lowest BCUT2D eigenvalue weighted by Crippen LogP contribution is -2.36. The van der Waals surface area contributed by atoms with Crippen LogP contribution in [0.5, 0.6) is 0 Å². The Hall–Kier alpha value is -0.780. The number of carbonyl (C=O) groups is 1. The number of halogens is 2. The molecule has 0 radical (unpaired) electrons. The fraction of sp³-hybridized carbons (Fsp3) is 0.611. The van der Waals surface area contributed by atoms with E-state index in [9.17, 15) is 9.18 Å². The Morgan fingerprint density at radius 2 is 2.25 bits per heavy atom. The second kappa shape index (κ2) is 11.7. The van der Waals surface area contributed by atoms with Crippen LogP contribution in [0.3, 0.4) is 0 Å². The molecule has 0 spiro atoms. The Morgan fingerprint density at radius 1 is 1.46 bits per heavy atom. The summed E-state index contributed by atoms with van der Waals surface area (Å²) in [4.78, 5) is 12.0. The van der Waals surface area contributed by atoms with Crippen LogP contribution in [-0.2, 0) is 10.5 Å². The molecule has 1 aliphatic heterocycles. The Labute approximate surface area is 155 Å². The molecule has 0 bridgehead atoms. The fourth-order valence-corrected chi connectivity index (χ4v) is 3.80. The van der Waals surface area contributed by atoms with E-state index in [1.54, 1.807) is 23.9 Å². The van der Waals surface area contributed by atoms with Gasteiger partial charge in [-0.05, 0) is 49.4 Å². The van der Waals surface area contributed by atoms with Gasteiger partial charge in [0.1, 0.15) is 5.82 Å². The smallest absolute Gasteiger partial charge is 0.220 e. The lowest BCUT2D eigenvalue weighted by molar-refractivity contribution is -0.122. The molecule has 0 aromatic heterocycles. The summed E-state index contributed by atoms with van der Waals surface area (Å²) in [6.07, 6.45) is 3.04. The van der Waals surface area contributed by atoms with E-state index in [-0.39, 0.29) is 24.1 Å². The highest BCUT2D eigenvalue weighted by molar-refractivity contribution is 7.98. The number of nitrogens with one attached hydrogen (secondary N) is 2. The van der Waals surface area contributed by atoms with Gasteiger partial charge in [-0.3, -0.25) is 4.79 Å². The monoisotopic (exact) mass is 374 g/mol. The van der Waals surface area contributed by atoms with Gasteiger partial charge in [-0.15, -0.1) is 12.4 Å². The number of carbonyl (C=O) groups excluding carboxylic acids is 1. The molecule has 1 saturated heterocycles. The van der Waals surface area contributed by atoms with Crippen molar-refractivity contribution >= 4 is 30.1 Å². The standard InChI is InChI=1S/C18H27FN2OS.ClH/c1-14(15-6-4-8-20-12-15)11-18(22)21-9-10-23-13-16-5-2-3-7-17(16)19;/h2-3,5,7,14-15,20H,4,6,8-13H2,1H3,(H,21,22);1H. The zero-order chi connectivity index (χ0) is 16.5. The molecule has 6 heteroatoms. The van der Waals surface area contributed by atoms with E-state index in [1.165, 1.54) is 18.9 Å². The first-order valence-corrected chi connectivity index (χ1v) is 9.61. The average molecular weight is 375 g/mol. The lowest BCUT2D eigenvalue weighted by atomic mass is 9.85. The predicted molar refractivity (Wildman–Crippen MR) is 102 cm³/mol. The van der Waals surface area contributed by atoms with Crippen molar-refractivity contribution in [2.75, 3.05) is 25.4 Å². The van der Waals surface area contributed by atoms with E-state index in [2.05, 4.69) is 17.6 Å². The van der Waals surface area contributed by atoms with Gasteiger partial charge in [0.15, 0.2) is 0 Å². The van der Waals surface area contributed by atoms with Gasteiger partial charge < -0.3 is 10.6 Å². The maximum atomic E-state index is 13.5. The summed E-state index contributed by atoms with van der Waals surface area (Å²) in [5.74, 6) is 2.47. The minimum Gasteiger partial charge on any atom is -0.355 e. The fourth-order valence-electron chi connectivity index (χ4n) is 2.96. The summed E-state index contributed by atoms with van der Waals surface area (Å²) < 4.78 is 13.5.